The van der Waals surface area contributed by atoms with E-state index < -0.39 is 0 Å². The molecular weight excluding hydrogens is 493 g/mol. The zero-order valence-corrected chi connectivity index (χ0v) is 21.7. The minimum Gasteiger partial charge on any atom is -0.338 e. The summed E-state index contributed by atoms with van der Waals surface area (Å²) < 4.78 is 13.9. The largest absolute Gasteiger partial charge is 0.338 e. The Labute approximate surface area is 223 Å². The first-order valence-corrected chi connectivity index (χ1v) is 12.6. The number of aromatic nitrogens is 6. The van der Waals surface area contributed by atoms with E-state index in [1.807, 2.05) is 57.2 Å². The average Bonchev–Trinajstić information content (AvgIpc) is 3.51. The van der Waals surface area contributed by atoms with Gasteiger partial charge in [0.05, 0.1) is 28.8 Å². The summed E-state index contributed by atoms with van der Waals surface area (Å²) in [5, 5.41) is 11.4. The number of carbonyl (C=O) groups is 1. The van der Waals surface area contributed by atoms with Crippen LogP contribution in [0.1, 0.15) is 27.2 Å². The van der Waals surface area contributed by atoms with Crippen LogP contribution in [0.2, 0.25) is 0 Å². The third kappa shape index (κ3) is 4.98. The number of benzene rings is 1. The lowest BCUT2D eigenvalue weighted by atomic mass is 9.92. The summed E-state index contributed by atoms with van der Waals surface area (Å²) >= 11 is 0. The molecule has 5 heterocycles. The number of hydrogen-bond acceptors (Lipinski definition) is 5. The predicted molar refractivity (Wildman–Crippen MR) is 150 cm³/mol. The molecule has 0 aliphatic rings. The van der Waals surface area contributed by atoms with Crippen molar-refractivity contribution in [3.63, 3.8) is 0 Å². The van der Waals surface area contributed by atoms with Gasteiger partial charge in [-0.15, -0.1) is 0 Å². The van der Waals surface area contributed by atoms with E-state index in [2.05, 4.69) is 30.5 Å². The molecule has 194 valence electrons. The first kappa shape index (κ1) is 24.4. The van der Waals surface area contributed by atoms with Crippen molar-refractivity contribution in [2.24, 2.45) is 5.41 Å². The van der Waals surface area contributed by atoms with Gasteiger partial charge in [-0.3, -0.25) is 14.9 Å². The third-order valence-electron chi connectivity index (χ3n) is 6.34. The van der Waals surface area contributed by atoms with Crippen molar-refractivity contribution >= 4 is 33.7 Å². The van der Waals surface area contributed by atoms with E-state index in [1.165, 1.54) is 12.1 Å². The summed E-state index contributed by atoms with van der Waals surface area (Å²) in [7, 11) is 0. The van der Waals surface area contributed by atoms with Crippen molar-refractivity contribution in [1.82, 2.24) is 30.1 Å². The number of halogens is 1. The molecule has 0 aliphatic heterocycles. The molecule has 1 aromatic carbocycles. The van der Waals surface area contributed by atoms with Gasteiger partial charge in [-0.05, 0) is 59.0 Å². The predicted octanol–water partition coefficient (Wildman–Crippen LogP) is 6.74. The molecule has 6 aromatic rings. The van der Waals surface area contributed by atoms with Crippen molar-refractivity contribution in [2.75, 3.05) is 5.32 Å². The number of H-pyrrole nitrogens is 2. The second kappa shape index (κ2) is 9.43. The Morgan fingerprint density at radius 2 is 1.90 bits per heavy atom. The molecule has 6 rings (SSSR count). The van der Waals surface area contributed by atoms with Gasteiger partial charge in [-0.25, -0.2) is 14.4 Å². The lowest BCUT2D eigenvalue weighted by Crippen LogP contribution is -2.19. The van der Waals surface area contributed by atoms with Crippen LogP contribution in [0.4, 0.5) is 10.1 Å². The maximum Gasteiger partial charge on any atom is 0.224 e. The van der Waals surface area contributed by atoms with Gasteiger partial charge >= 0.3 is 0 Å². The summed E-state index contributed by atoms with van der Waals surface area (Å²) in [6, 6.07) is 16.0. The van der Waals surface area contributed by atoms with Gasteiger partial charge in [-0.1, -0.05) is 32.9 Å². The molecule has 0 aliphatic carbocycles. The van der Waals surface area contributed by atoms with E-state index in [1.54, 1.807) is 24.7 Å². The lowest BCUT2D eigenvalue weighted by Gasteiger charge is -2.17. The number of carbonyl (C=O) groups excluding carboxylic acids is 1. The van der Waals surface area contributed by atoms with Gasteiger partial charge in [0.1, 0.15) is 22.7 Å². The number of anilines is 1. The smallest absolute Gasteiger partial charge is 0.224 e. The Balaban J connectivity index is 1.37. The van der Waals surface area contributed by atoms with Crippen molar-refractivity contribution in [3.8, 4) is 33.8 Å². The zero-order chi connectivity index (χ0) is 27.1. The van der Waals surface area contributed by atoms with E-state index in [9.17, 15) is 9.18 Å². The fraction of sp³-hybridized carbons (Fsp3) is 0.167. The van der Waals surface area contributed by atoms with E-state index in [-0.39, 0.29) is 17.1 Å². The highest BCUT2D eigenvalue weighted by molar-refractivity contribution is 5.99. The topological polar surface area (TPSA) is 112 Å². The number of hydrogen-bond donors (Lipinski definition) is 3. The van der Waals surface area contributed by atoms with E-state index in [0.717, 1.165) is 33.3 Å². The number of amides is 1. The van der Waals surface area contributed by atoms with Crippen LogP contribution in [-0.4, -0.2) is 36.0 Å². The summed E-state index contributed by atoms with van der Waals surface area (Å²) in [4.78, 5) is 29.4. The van der Waals surface area contributed by atoms with Crippen molar-refractivity contribution in [2.45, 2.75) is 27.2 Å². The monoisotopic (exact) mass is 519 g/mol. The summed E-state index contributed by atoms with van der Waals surface area (Å²) in [6.45, 7) is 6.07. The highest BCUT2D eigenvalue weighted by atomic mass is 19.1. The molecule has 3 N–H and O–H groups in total. The van der Waals surface area contributed by atoms with E-state index >= 15 is 0 Å². The second-order valence-corrected chi connectivity index (χ2v) is 10.7. The SMILES string of the molecule is CC(C)(C)CC(=O)Nc1cncc(-c2ccc3[nH]nc(-c4cc5c(-c6cccc(F)c6)ccnc5[nH]4)c3n2)c1. The fourth-order valence-electron chi connectivity index (χ4n) is 4.64. The zero-order valence-electron chi connectivity index (χ0n) is 21.7. The standard InChI is InChI=1S/C30H26FN7O/c1-30(2,3)14-26(39)34-20-12-18(15-32-16-20)23-7-8-24-27(35-23)28(38-37-24)25-13-22-21(9-10-33-29(22)36-25)17-5-4-6-19(31)11-17/h4-13,15-16H,14H2,1-3H3,(H,33,36)(H,34,39)(H,37,38). The Morgan fingerprint density at radius 3 is 2.72 bits per heavy atom. The molecule has 0 radical (unpaired) electrons. The average molecular weight is 520 g/mol. The first-order chi connectivity index (χ1) is 18.7. The van der Waals surface area contributed by atoms with E-state index in [0.29, 0.717) is 34.7 Å². The Hall–Kier alpha value is -4.92. The highest BCUT2D eigenvalue weighted by Gasteiger charge is 2.18. The summed E-state index contributed by atoms with van der Waals surface area (Å²) in [5.74, 6) is -0.359. The number of fused-ring (bicyclic) bond motifs is 2. The molecule has 8 nitrogen and oxygen atoms in total. The van der Waals surface area contributed by atoms with Crippen LogP contribution < -0.4 is 5.32 Å². The van der Waals surface area contributed by atoms with Crippen LogP contribution in [0.15, 0.2) is 73.2 Å². The van der Waals surface area contributed by atoms with Crippen LogP contribution in [0.5, 0.6) is 0 Å². The van der Waals surface area contributed by atoms with Gasteiger partial charge in [-0.2, -0.15) is 5.10 Å². The van der Waals surface area contributed by atoms with E-state index in [4.69, 9.17) is 4.98 Å². The minimum absolute atomic E-state index is 0.0630. The number of nitrogens with one attached hydrogen (secondary N) is 3. The Morgan fingerprint density at radius 1 is 1.03 bits per heavy atom. The molecular formula is C30H26FN7O. The molecule has 9 heteroatoms. The molecule has 0 fully saturated rings. The fourth-order valence-corrected chi connectivity index (χ4v) is 4.64. The normalized spacial score (nSPS) is 11.8. The van der Waals surface area contributed by atoms with Gasteiger partial charge in [0.2, 0.25) is 5.91 Å². The minimum atomic E-state index is -0.296. The maximum atomic E-state index is 13.9. The number of rotatable bonds is 5. The van der Waals surface area contributed by atoms with Crippen LogP contribution in [0, 0.1) is 11.2 Å². The van der Waals surface area contributed by atoms with Crippen molar-refractivity contribution in [3.05, 3.63) is 79.0 Å². The van der Waals surface area contributed by atoms with Gasteiger partial charge < -0.3 is 10.3 Å². The molecule has 5 aromatic heterocycles. The van der Waals surface area contributed by atoms with Gasteiger partial charge in [0.15, 0.2) is 0 Å². The van der Waals surface area contributed by atoms with Crippen molar-refractivity contribution < 1.29 is 9.18 Å². The number of pyridine rings is 3. The molecule has 0 bridgehead atoms. The molecule has 0 atom stereocenters. The Kier molecular flexibility index (Phi) is 5.91. The van der Waals surface area contributed by atoms with Crippen molar-refractivity contribution in [1.29, 1.82) is 0 Å². The van der Waals surface area contributed by atoms with Crippen LogP contribution in [0.3, 0.4) is 0 Å². The molecule has 39 heavy (non-hydrogen) atoms. The highest BCUT2D eigenvalue weighted by Crippen LogP contribution is 2.33. The summed E-state index contributed by atoms with van der Waals surface area (Å²) in [5.41, 5.74) is 7.08. The first-order valence-electron chi connectivity index (χ1n) is 12.6. The van der Waals surface area contributed by atoms with Crippen LogP contribution in [-0.2, 0) is 4.79 Å². The third-order valence-corrected chi connectivity index (χ3v) is 6.34. The molecule has 1 amide bonds. The lowest BCUT2D eigenvalue weighted by molar-refractivity contribution is -0.117. The number of aromatic amines is 2. The quantitative estimate of drug-likeness (QED) is 0.233. The molecule has 0 spiro atoms. The summed E-state index contributed by atoms with van der Waals surface area (Å²) in [6.07, 6.45) is 5.44. The van der Waals surface area contributed by atoms with Crippen LogP contribution >= 0.6 is 0 Å². The van der Waals surface area contributed by atoms with Gasteiger partial charge in [0, 0.05) is 29.8 Å². The molecule has 0 saturated carbocycles. The van der Waals surface area contributed by atoms with Gasteiger partial charge in [0.25, 0.3) is 0 Å². The molecule has 0 saturated heterocycles. The van der Waals surface area contributed by atoms with Crippen LogP contribution in [0.25, 0.3) is 55.8 Å². The number of nitrogens with zero attached hydrogens (tertiary/aromatic N) is 4. The second-order valence-electron chi connectivity index (χ2n) is 10.7. The molecule has 0 unspecified atom stereocenters. The Bertz CT molecular complexity index is 1850. The maximum absolute atomic E-state index is 13.9.